The fraction of sp³-hybridized carbons (Fsp3) is 0.125. The van der Waals surface area contributed by atoms with E-state index in [1.807, 2.05) is 42.5 Å². The van der Waals surface area contributed by atoms with Crippen LogP contribution in [-0.4, -0.2) is 10.1 Å². The van der Waals surface area contributed by atoms with Crippen LogP contribution in [0.4, 0.5) is 5.69 Å². The molecule has 0 unspecified atom stereocenters. The van der Waals surface area contributed by atoms with E-state index in [2.05, 4.69) is 17.1 Å². The van der Waals surface area contributed by atoms with Crippen molar-refractivity contribution in [3.05, 3.63) is 53.9 Å². The number of nitrogen functional groups attached to an aromatic ring is 1. The van der Waals surface area contributed by atoms with Gasteiger partial charge in [0.15, 0.2) is 5.82 Å². The molecule has 0 amide bonds. The Morgan fingerprint density at radius 3 is 2.30 bits per heavy atom. The molecular weight excluding hydrogens is 250 g/mol. The Labute approximate surface area is 117 Å². The van der Waals surface area contributed by atoms with E-state index in [4.69, 9.17) is 10.3 Å². The molecule has 4 nitrogen and oxygen atoms in total. The molecule has 2 aromatic carbocycles. The van der Waals surface area contributed by atoms with Crippen molar-refractivity contribution in [3.8, 4) is 22.6 Å². The summed E-state index contributed by atoms with van der Waals surface area (Å²) in [6.07, 6.45) is 0. The first kappa shape index (κ1) is 12.4. The van der Waals surface area contributed by atoms with Gasteiger partial charge in [-0.1, -0.05) is 23.4 Å². The van der Waals surface area contributed by atoms with Crippen molar-refractivity contribution in [2.24, 2.45) is 0 Å². The number of nitrogens with zero attached hydrogens (tertiary/aromatic N) is 2. The number of benzene rings is 2. The van der Waals surface area contributed by atoms with Crippen LogP contribution in [0.25, 0.3) is 22.6 Å². The third-order valence-electron chi connectivity index (χ3n) is 3.23. The Morgan fingerprint density at radius 2 is 1.65 bits per heavy atom. The van der Waals surface area contributed by atoms with E-state index in [1.54, 1.807) is 6.92 Å². The zero-order valence-corrected chi connectivity index (χ0v) is 11.4. The Kier molecular flexibility index (Phi) is 2.99. The molecule has 4 heteroatoms. The fourth-order valence-corrected chi connectivity index (χ4v) is 2.16. The van der Waals surface area contributed by atoms with Crippen LogP contribution < -0.4 is 5.73 Å². The molecule has 0 spiro atoms. The molecule has 0 radical (unpaired) electrons. The van der Waals surface area contributed by atoms with Gasteiger partial charge in [-0.3, -0.25) is 0 Å². The molecule has 0 saturated heterocycles. The minimum atomic E-state index is 0.540. The Morgan fingerprint density at radius 1 is 0.950 bits per heavy atom. The molecule has 0 atom stereocenters. The summed E-state index contributed by atoms with van der Waals surface area (Å²) in [5, 5.41) is 3.80. The Bertz CT molecular complexity index is 745. The lowest BCUT2D eigenvalue weighted by Crippen LogP contribution is -1.89. The van der Waals surface area contributed by atoms with Crippen LogP contribution in [0.1, 0.15) is 11.4 Å². The molecule has 0 aliphatic rings. The van der Waals surface area contributed by atoms with Gasteiger partial charge in [-0.15, -0.1) is 0 Å². The minimum Gasteiger partial charge on any atom is -0.399 e. The highest BCUT2D eigenvalue weighted by molar-refractivity contribution is 5.72. The van der Waals surface area contributed by atoms with Gasteiger partial charge in [-0.25, -0.2) is 0 Å². The van der Waals surface area contributed by atoms with Crippen molar-refractivity contribution in [3.63, 3.8) is 0 Å². The highest BCUT2D eigenvalue weighted by atomic mass is 16.5. The van der Waals surface area contributed by atoms with E-state index in [9.17, 15) is 0 Å². The van der Waals surface area contributed by atoms with Gasteiger partial charge in [0.05, 0.1) is 0 Å². The number of hydrogen-bond donors (Lipinski definition) is 1. The summed E-state index contributed by atoms with van der Waals surface area (Å²) < 4.78 is 5.16. The number of rotatable bonds is 2. The summed E-state index contributed by atoms with van der Waals surface area (Å²) >= 11 is 0. The Hall–Kier alpha value is -2.62. The number of anilines is 1. The first-order valence-corrected chi connectivity index (χ1v) is 6.41. The monoisotopic (exact) mass is 265 g/mol. The second-order valence-corrected chi connectivity index (χ2v) is 4.80. The van der Waals surface area contributed by atoms with E-state index in [0.29, 0.717) is 11.7 Å². The van der Waals surface area contributed by atoms with Crippen molar-refractivity contribution >= 4 is 5.69 Å². The molecule has 0 bridgehead atoms. The number of hydrogen-bond acceptors (Lipinski definition) is 4. The predicted octanol–water partition coefficient (Wildman–Crippen LogP) is 3.60. The van der Waals surface area contributed by atoms with Gasteiger partial charge in [0, 0.05) is 11.3 Å². The summed E-state index contributed by atoms with van der Waals surface area (Å²) in [4.78, 5) is 4.22. The van der Waals surface area contributed by atoms with Gasteiger partial charge in [-0.05, 0) is 54.8 Å². The van der Waals surface area contributed by atoms with Crippen molar-refractivity contribution in [2.45, 2.75) is 13.8 Å². The molecule has 3 rings (SSSR count). The van der Waals surface area contributed by atoms with Crippen LogP contribution in [0, 0.1) is 13.8 Å². The molecule has 1 aromatic heterocycles. The van der Waals surface area contributed by atoms with Gasteiger partial charge >= 0.3 is 0 Å². The van der Waals surface area contributed by atoms with Crippen molar-refractivity contribution < 1.29 is 4.52 Å². The highest BCUT2D eigenvalue weighted by Gasteiger charge is 2.07. The van der Waals surface area contributed by atoms with Crippen LogP contribution in [-0.2, 0) is 0 Å². The van der Waals surface area contributed by atoms with Gasteiger partial charge < -0.3 is 10.3 Å². The minimum absolute atomic E-state index is 0.540. The first-order valence-electron chi connectivity index (χ1n) is 6.41. The van der Waals surface area contributed by atoms with E-state index < -0.39 is 0 Å². The predicted molar refractivity (Wildman–Crippen MR) is 79.1 cm³/mol. The molecule has 0 fully saturated rings. The molecule has 100 valence electrons. The summed E-state index contributed by atoms with van der Waals surface area (Å²) in [6.45, 7) is 3.88. The maximum atomic E-state index is 5.86. The quantitative estimate of drug-likeness (QED) is 0.719. The lowest BCUT2D eigenvalue weighted by atomic mass is 9.99. The fourth-order valence-electron chi connectivity index (χ4n) is 2.16. The van der Waals surface area contributed by atoms with E-state index in [-0.39, 0.29) is 0 Å². The smallest absolute Gasteiger partial charge is 0.257 e. The van der Waals surface area contributed by atoms with Crippen LogP contribution in [0.5, 0.6) is 0 Å². The van der Waals surface area contributed by atoms with Gasteiger partial charge in [0.2, 0.25) is 0 Å². The van der Waals surface area contributed by atoms with E-state index >= 15 is 0 Å². The molecule has 1 heterocycles. The maximum Gasteiger partial charge on any atom is 0.257 e. The van der Waals surface area contributed by atoms with Crippen LogP contribution in [0.3, 0.4) is 0 Å². The Balaban J connectivity index is 1.99. The molecule has 2 N–H and O–H groups in total. The van der Waals surface area contributed by atoms with Gasteiger partial charge in [0.25, 0.3) is 5.89 Å². The molecular formula is C16H15N3O. The molecule has 3 aromatic rings. The second kappa shape index (κ2) is 4.81. The number of aryl methyl sites for hydroxylation is 2. The SMILES string of the molecule is Cc1noc(-c2ccc(-c3cc(N)ccc3C)cc2)n1. The average molecular weight is 265 g/mol. The highest BCUT2D eigenvalue weighted by Crippen LogP contribution is 2.27. The number of aromatic nitrogens is 2. The topological polar surface area (TPSA) is 64.9 Å². The molecule has 0 saturated carbocycles. The van der Waals surface area contributed by atoms with Crippen molar-refractivity contribution in [2.75, 3.05) is 5.73 Å². The van der Waals surface area contributed by atoms with Crippen molar-refractivity contribution in [1.82, 2.24) is 10.1 Å². The molecule has 0 aliphatic heterocycles. The second-order valence-electron chi connectivity index (χ2n) is 4.80. The lowest BCUT2D eigenvalue weighted by molar-refractivity contribution is 0.425. The van der Waals surface area contributed by atoms with E-state index in [0.717, 1.165) is 22.4 Å². The largest absolute Gasteiger partial charge is 0.399 e. The van der Waals surface area contributed by atoms with Gasteiger partial charge in [-0.2, -0.15) is 4.98 Å². The average Bonchev–Trinajstić information content (AvgIpc) is 2.88. The summed E-state index contributed by atoms with van der Waals surface area (Å²) in [5.41, 5.74) is 11.0. The van der Waals surface area contributed by atoms with Crippen LogP contribution >= 0.6 is 0 Å². The van der Waals surface area contributed by atoms with Crippen LogP contribution in [0.15, 0.2) is 47.0 Å². The summed E-state index contributed by atoms with van der Waals surface area (Å²) in [5.74, 6) is 1.18. The van der Waals surface area contributed by atoms with E-state index in [1.165, 1.54) is 5.56 Å². The standard InChI is InChI=1S/C16H15N3O/c1-10-3-8-14(17)9-15(10)12-4-6-13(7-5-12)16-18-11(2)19-20-16/h3-9H,17H2,1-2H3. The number of nitrogens with two attached hydrogens (primary N) is 1. The van der Waals surface area contributed by atoms with Crippen molar-refractivity contribution in [1.29, 1.82) is 0 Å². The first-order chi connectivity index (χ1) is 9.63. The van der Waals surface area contributed by atoms with Crippen LogP contribution in [0.2, 0.25) is 0 Å². The summed E-state index contributed by atoms with van der Waals surface area (Å²) in [7, 11) is 0. The zero-order valence-electron chi connectivity index (χ0n) is 11.4. The molecule has 20 heavy (non-hydrogen) atoms. The third-order valence-corrected chi connectivity index (χ3v) is 3.23. The zero-order chi connectivity index (χ0) is 14.1. The third kappa shape index (κ3) is 2.28. The lowest BCUT2D eigenvalue weighted by Gasteiger charge is -2.07. The van der Waals surface area contributed by atoms with Gasteiger partial charge in [0.1, 0.15) is 0 Å². The maximum absolute atomic E-state index is 5.86. The molecule has 0 aliphatic carbocycles. The normalized spacial score (nSPS) is 10.7. The summed E-state index contributed by atoms with van der Waals surface area (Å²) in [6, 6.07) is 14.0.